The van der Waals surface area contributed by atoms with Crippen LogP contribution in [0.15, 0.2) is 22.5 Å². The molecule has 2 rings (SSSR count). The van der Waals surface area contributed by atoms with Crippen molar-refractivity contribution in [3.63, 3.8) is 0 Å². The number of benzene rings is 1. The first-order chi connectivity index (χ1) is 9.51. The Labute approximate surface area is 122 Å². The third kappa shape index (κ3) is 3.31. The molecule has 1 heterocycles. The molecule has 0 amide bonds. The summed E-state index contributed by atoms with van der Waals surface area (Å²) in [4.78, 5) is 12.1. The Bertz CT molecular complexity index is 633. The Morgan fingerprint density at radius 2 is 2.10 bits per heavy atom. The van der Waals surface area contributed by atoms with Crippen molar-refractivity contribution < 1.29 is 13.6 Å². The summed E-state index contributed by atoms with van der Waals surface area (Å²) < 4.78 is 26.6. The average molecular weight is 315 g/mol. The van der Waals surface area contributed by atoms with Crippen LogP contribution in [0, 0.1) is 11.6 Å². The molecule has 0 radical (unpaired) electrons. The summed E-state index contributed by atoms with van der Waals surface area (Å²) in [6.45, 7) is 1.69. The van der Waals surface area contributed by atoms with Gasteiger partial charge in [0, 0.05) is 12.6 Å². The van der Waals surface area contributed by atoms with Crippen LogP contribution in [0.25, 0.3) is 0 Å². The first-order valence-electron chi connectivity index (χ1n) is 5.68. The first-order valence-corrected chi connectivity index (χ1v) is 7.38. The van der Waals surface area contributed by atoms with Gasteiger partial charge in [-0.15, -0.1) is 10.2 Å². The van der Waals surface area contributed by atoms with Crippen LogP contribution in [0.2, 0.25) is 0 Å². The third-order valence-corrected chi connectivity index (χ3v) is 4.60. The van der Waals surface area contributed by atoms with Crippen LogP contribution in [0.4, 0.5) is 13.9 Å². The summed E-state index contributed by atoms with van der Waals surface area (Å²) in [5.74, 6) is -2.28. The van der Waals surface area contributed by atoms with Crippen LogP contribution in [0.3, 0.4) is 0 Å². The second-order valence-corrected chi connectivity index (χ2v) is 6.44. The van der Waals surface area contributed by atoms with E-state index in [0.29, 0.717) is 9.47 Å². The van der Waals surface area contributed by atoms with E-state index in [4.69, 9.17) is 0 Å². The SMILES string of the molecule is CNc1nnc(S[C@@H](C)C(=O)c2ccc(F)c(F)c2)s1. The Kier molecular flexibility index (Phi) is 4.66. The quantitative estimate of drug-likeness (QED) is 0.678. The predicted molar refractivity (Wildman–Crippen MR) is 75.5 cm³/mol. The third-order valence-electron chi connectivity index (χ3n) is 2.47. The minimum Gasteiger partial charge on any atom is -0.363 e. The standard InChI is InChI=1S/C12H11F2N3OS2/c1-6(19-12-17-16-11(15-2)20-12)10(18)7-3-4-8(13)9(14)5-7/h3-6H,1-2H3,(H,15,16)/t6-/m0/s1. The first kappa shape index (κ1) is 14.9. The fourth-order valence-corrected chi connectivity index (χ4v) is 3.37. The van der Waals surface area contributed by atoms with Gasteiger partial charge >= 0.3 is 0 Å². The molecule has 1 aromatic heterocycles. The smallest absolute Gasteiger partial charge is 0.206 e. The van der Waals surface area contributed by atoms with Crippen LogP contribution < -0.4 is 5.32 Å². The highest BCUT2D eigenvalue weighted by Gasteiger charge is 2.19. The molecule has 1 atom stereocenters. The number of aromatic nitrogens is 2. The summed E-state index contributed by atoms with van der Waals surface area (Å²) in [6, 6.07) is 3.13. The molecule has 0 aliphatic carbocycles. The van der Waals surface area contributed by atoms with Gasteiger partial charge < -0.3 is 5.32 Å². The molecule has 0 saturated carbocycles. The number of nitrogens with zero attached hydrogens (tertiary/aromatic N) is 2. The van der Waals surface area contributed by atoms with Gasteiger partial charge in [0.05, 0.1) is 5.25 Å². The number of rotatable bonds is 5. The number of halogens is 2. The monoisotopic (exact) mass is 315 g/mol. The fourth-order valence-electron chi connectivity index (χ4n) is 1.45. The molecular formula is C12H11F2N3OS2. The van der Waals surface area contributed by atoms with E-state index in [1.54, 1.807) is 14.0 Å². The van der Waals surface area contributed by atoms with Crippen molar-refractivity contribution >= 4 is 34.0 Å². The van der Waals surface area contributed by atoms with E-state index in [-0.39, 0.29) is 11.3 Å². The molecular weight excluding hydrogens is 304 g/mol. The fraction of sp³-hybridized carbons (Fsp3) is 0.250. The van der Waals surface area contributed by atoms with Crippen molar-refractivity contribution in [1.82, 2.24) is 10.2 Å². The highest BCUT2D eigenvalue weighted by molar-refractivity contribution is 8.02. The molecule has 0 saturated heterocycles. The van der Waals surface area contributed by atoms with Gasteiger partial charge in [-0.25, -0.2) is 8.78 Å². The van der Waals surface area contributed by atoms with Crippen molar-refractivity contribution in [3.05, 3.63) is 35.4 Å². The van der Waals surface area contributed by atoms with Gasteiger partial charge in [-0.2, -0.15) is 0 Å². The summed E-state index contributed by atoms with van der Waals surface area (Å²) in [5.41, 5.74) is 0.141. The minimum absolute atomic E-state index is 0.141. The van der Waals surface area contributed by atoms with Crippen LogP contribution in [0.5, 0.6) is 0 Å². The molecule has 0 unspecified atom stereocenters. The molecule has 8 heteroatoms. The van der Waals surface area contributed by atoms with Crippen molar-refractivity contribution in [2.75, 3.05) is 12.4 Å². The van der Waals surface area contributed by atoms with E-state index < -0.39 is 16.9 Å². The van der Waals surface area contributed by atoms with E-state index >= 15 is 0 Å². The van der Waals surface area contributed by atoms with Crippen LogP contribution in [-0.4, -0.2) is 28.3 Å². The maximum absolute atomic E-state index is 13.1. The van der Waals surface area contributed by atoms with E-state index in [1.165, 1.54) is 29.2 Å². The number of hydrogen-bond acceptors (Lipinski definition) is 6. The normalized spacial score (nSPS) is 12.2. The van der Waals surface area contributed by atoms with E-state index in [0.717, 1.165) is 12.1 Å². The summed E-state index contributed by atoms with van der Waals surface area (Å²) in [7, 11) is 1.73. The average Bonchev–Trinajstić information content (AvgIpc) is 2.88. The maximum Gasteiger partial charge on any atom is 0.206 e. The van der Waals surface area contributed by atoms with Crippen molar-refractivity contribution in [1.29, 1.82) is 0 Å². The zero-order valence-electron chi connectivity index (χ0n) is 10.7. The molecule has 0 aliphatic heterocycles. The number of carbonyl (C=O) groups excluding carboxylic acids is 1. The maximum atomic E-state index is 13.1. The minimum atomic E-state index is -1.03. The molecule has 106 valence electrons. The molecule has 1 aromatic carbocycles. The van der Waals surface area contributed by atoms with E-state index in [9.17, 15) is 13.6 Å². The van der Waals surface area contributed by atoms with Gasteiger partial charge in [0.25, 0.3) is 0 Å². The lowest BCUT2D eigenvalue weighted by molar-refractivity contribution is 0.0993. The molecule has 0 spiro atoms. The van der Waals surface area contributed by atoms with Crippen LogP contribution in [0.1, 0.15) is 17.3 Å². The lowest BCUT2D eigenvalue weighted by Gasteiger charge is -2.08. The Hall–Kier alpha value is -1.54. The predicted octanol–water partition coefficient (Wildman–Crippen LogP) is 3.22. The van der Waals surface area contributed by atoms with Crippen molar-refractivity contribution in [2.24, 2.45) is 0 Å². The van der Waals surface area contributed by atoms with E-state index in [1.807, 2.05) is 0 Å². The van der Waals surface area contributed by atoms with Crippen LogP contribution in [-0.2, 0) is 0 Å². The summed E-state index contributed by atoms with van der Waals surface area (Å²) in [5, 5.41) is 10.8. The van der Waals surface area contributed by atoms with Crippen molar-refractivity contribution in [3.8, 4) is 0 Å². The highest BCUT2D eigenvalue weighted by atomic mass is 32.2. The lowest BCUT2D eigenvalue weighted by atomic mass is 10.1. The number of thioether (sulfide) groups is 1. The lowest BCUT2D eigenvalue weighted by Crippen LogP contribution is -2.13. The number of anilines is 1. The van der Waals surface area contributed by atoms with Gasteiger partial charge in [0.15, 0.2) is 21.8 Å². The Balaban J connectivity index is 2.09. The zero-order valence-corrected chi connectivity index (χ0v) is 12.3. The number of ketones is 1. The molecule has 20 heavy (non-hydrogen) atoms. The van der Waals surface area contributed by atoms with Gasteiger partial charge in [0.2, 0.25) is 5.13 Å². The van der Waals surface area contributed by atoms with Gasteiger partial charge in [-0.3, -0.25) is 4.79 Å². The summed E-state index contributed by atoms with van der Waals surface area (Å²) >= 11 is 2.55. The van der Waals surface area contributed by atoms with Crippen molar-refractivity contribution in [2.45, 2.75) is 16.5 Å². The highest BCUT2D eigenvalue weighted by Crippen LogP contribution is 2.30. The Morgan fingerprint density at radius 3 is 2.70 bits per heavy atom. The van der Waals surface area contributed by atoms with Gasteiger partial charge in [-0.05, 0) is 25.1 Å². The second kappa shape index (κ2) is 6.27. The van der Waals surface area contributed by atoms with Gasteiger partial charge in [0.1, 0.15) is 0 Å². The van der Waals surface area contributed by atoms with Crippen LogP contribution >= 0.6 is 23.1 Å². The molecule has 0 bridgehead atoms. The molecule has 0 fully saturated rings. The molecule has 4 nitrogen and oxygen atoms in total. The number of carbonyl (C=O) groups is 1. The topological polar surface area (TPSA) is 54.9 Å². The number of hydrogen-bond donors (Lipinski definition) is 1. The Morgan fingerprint density at radius 1 is 1.35 bits per heavy atom. The molecule has 2 aromatic rings. The molecule has 0 aliphatic rings. The second-order valence-electron chi connectivity index (χ2n) is 3.88. The number of Topliss-reactive ketones (excluding diaryl/α,β-unsaturated/α-hetero) is 1. The van der Waals surface area contributed by atoms with E-state index in [2.05, 4.69) is 15.5 Å². The summed E-state index contributed by atoms with van der Waals surface area (Å²) in [6.07, 6.45) is 0. The zero-order chi connectivity index (χ0) is 14.7. The van der Waals surface area contributed by atoms with Gasteiger partial charge in [-0.1, -0.05) is 23.1 Å². The number of nitrogens with one attached hydrogen (secondary N) is 1. The molecule has 1 N–H and O–H groups in total. The largest absolute Gasteiger partial charge is 0.363 e.